The van der Waals surface area contributed by atoms with Gasteiger partial charge in [-0.2, -0.15) is 0 Å². The van der Waals surface area contributed by atoms with Crippen LogP contribution in [-0.4, -0.2) is 38.2 Å². The third-order valence-electron chi connectivity index (χ3n) is 3.02. The molecule has 1 fully saturated rings. The lowest BCUT2D eigenvalue weighted by atomic mass is 10.0. The lowest BCUT2D eigenvalue weighted by Crippen LogP contribution is -2.34. The van der Waals surface area contributed by atoms with Gasteiger partial charge in [-0.05, 0) is 38.3 Å². The van der Waals surface area contributed by atoms with Gasteiger partial charge in [0.25, 0.3) is 0 Å². The minimum Gasteiger partial charge on any atom is -0.300 e. The van der Waals surface area contributed by atoms with Crippen LogP contribution in [0.1, 0.15) is 33.1 Å². The Morgan fingerprint density at radius 1 is 1.47 bits per heavy atom. The fraction of sp³-hybridized carbons (Fsp3) is 1.00. The second-order valence-corrected chi connectivity index (χ2v) is 7.48. The standard InChI is InChI=1S/C10H20ClNO2S/c1-9(2)10-5-3-6-12(10)7-4-8-15(11,13)14/h9-10H,3-8H2,1-2H3. The van der Waals surface area contributed by atoms with Crippen molar-refractivity contribution in [1.82, 2.24) is 4.90 Å². The van der Waals surface area contributed by atoms with Crippen LogP contribution in [0.3, 0.4) is 0 Å². The van der Waals surface area contributed by atoms with E-state index in [1.54, 1.807) is 0 Å². The Morgan fingerprint density at radius 3 is 2.67 bits per heavy atom. The van der Waals surface area contributed by atoms with Crippen LogP contribution in [-0.2, 0) is 9.05 Å². The van der Waals surface area contributed by atoms with E-state index < -0.39 is 9.05 Å². The van der Waals surface area contributed by atoms with Crippen molar-refractivity contribution in [2.24, 2.45) is 5.92 Å². The molecule has 0 aromatic rings. The van der Waals surface area contributed by atoms with E-state index >= 15 is 0 Å². The second-order valence-electron chi connectivity index (χ2n) is 4.59. The summed E-state index contributed by atoms with van der Waals surface area (Å²) in [5.41, 5.74) is 0. The molecule has 0 saturated carbocycles. The number of rotatable bonds is 5. The van der Waals surface area contributed by atoms with Gasteiger partial charge in [0, 0.05) is 16.7 Å². The van der Waals surface area contributed by atoms with Gasteiger partial charge in [0.1, 0.15) is 0 Å². The summed E-state index contributed by atoms with van der Waals surface area (Å²) in [5, 5.41) is 0. The Bertz CT molecular complexity index is 290. The summed E-state index contributed by atoms with van der Waals surface area (Å²) in [6.45, 7) is 6.41. The molecule has 0 bridgehead atoms. The predicted molar refractivity (Wildman–Crippen MR) is 63.7 cm³/mol. The Balaban J connectivity index is 2.32. The maximum atomic E-state index is 10.8. The molecule has 1 atom stereocenters. The van der Waals surface area contributed by atoms with Crippen LogP contribution in [0.25, 0.3) is 0 Å². The largest absolute Gasteiger partial charge is 0.300 e. The van der Waals surface area contributed by atoms with Gasteiger partial charge in [0.05, 0.1) is 5.75 Å². The molecule has 5 heteroatoms. The van der Waals surface area contributed by atoms with Gasteiger partial charge < -0.3 is 4.90 Å². The molecule has 0 N–H and O–H groups in total. The summed E-state index contributed by atoms with van der Waals surface area (Å²) in [6.07, 6.45) is 3.12. The van der Waals surface area contributed by atoms with Crippen LogP contribution in [0.4, 0.5) is 0 Å². The van der Waals surface area contributed by atoms with Crippen molar-refractivity contribution < 1.29 is 8.42 Å². The van der Waals surface area contributed by atoms with Crippen molar-refractivity contribution in [1.29, 1.82) is 0 Å². The first-order valence-corrected chi connectivity index (χ1v) is 8.04. The van der Waals surface area contributed by atoms with Crippen molar-refractivity contribution in [3.8, 4) is 0 Å². The number of nitrogens with zero attached hydrogens (tertiary/aromatic N) is 1. The summed E-state index contributed by atoms with van der Waals surface area (Å²) in [7, 11) is 1.86. The Kier molecular flexibility index (Phi) is 4.87. The lowest BCUT2D eigenvalue weighted by molar-refractivity contribution is 0.207. The van der Waals surface area contributed by atoms with Gasteiger partial charge in [-0.1, -0.05) is 13.8 Å². The number of likely N-dealkylation sites (tertiary alicyclic amines) is 1. The third-order valence-corrected chi connectivity index (χ3v) is 4.26. The zero-order valence-corrected chi connectivity index (χ0v) is 11.0. The monoisotopic (exact) mass is 253 g/mol. The highest BCUT2D eigenvalue weighted by Crippen LogP contribution is 2.23. The first kappa shape index (κ1) is 13.3. The van der Waals surface area contributed by atoms with Crippen LogP contribution in [0.5, 0.6) is 0 Å². The smallest absolute Gasteiger partial charge is 0.232 e. The van der Waals surface area contributed by atoms with Crippen molar-refractivity contribution in [3.05, 3.63) is 0 Å². The van der Waals surface area contributed by atoms with Crippen LogP contribution in [0.2, 0.25) is 0 Å². The van der Waals surface area contributed by atoms with Crippen molar-refractivity contribution >= 4 is 19.7 Å². The number of hydrogen-bond acceptors (Lipinski definition) is 3. The molecule has 3 nitrogen and oxygen atoms in total. The fourth-order valence-electron chi connectivity index (χ4n) is 2.32. The minimum atomic E-state index is -3.31. The first-order chi connectivity index (χ1) is 6.90. The highest BCUT2D eigenvalue weighted by molar-refractivity contribution is 8.13. The van der Waals surface area contributed by atoms with E-state index in [-0.39, 0.29) is 5.75 Å². The van der Waals surface area contributed by atoms with Crippen LogP contribution >= 0.6 is 10.7 Å². The van der Waals surface area contributed by atoms with Gasteiger partial charge in [0.2, 0.25) is 9.05 Å². The highest BCUT2D eigenvalue weighted by atomic mass is 35.7. The van der Waals surface area contributed by atoms with Gasteiger partial charge in [-0.15, -0.1) is 0 Å². The summed E-state index contributed by atoms with van der Waals surface area (Å²) in [5.74, 6) is 0.746. The topological polar surface area (TPSA) is 37.4 Å². The average Bonchev–Trinajstić information content (AvgIpc) is 2.49. The molecule has 1 saturated heterocycles. The van der Waals surface area contributed by atoms with Gasteiger partial charge >= 0.3 is 0 Å². The van der Waals surface area contributed by atoms with Crippen molar-refractivity contribution in [3.63, 3.8) is 0 Å². The Hall–Kier alpha value is 0.200. The molecule has 15 heavy (non-hydrogen) atoms. The molecule has 1 aliphatic rings. The average molecular weight is 254 g/mol. The summed E-state index contributed by atoms with van der Waals surface area (Å²) in [6, 6.07) is 0.628. The molecule has 0 aromatic carbocycles. The van der Waals surface area contributed by atoms with E-state index in [1.165, 1.54) is 12.8 Å². The van der Waals surface area contributed by atoms with E-state index in [2.05, 4.69) is 18.7 Å². The molecule has 0 aliphatic carbocycles. The number of hydrogen-bond donors (Lipinski definition) is 0. The Labute approximate surface area is 97.2 Å². The molecule has 1 aliphatic heterocycles. The molecular formula is C10H20ClNO2S. The highest BCUT2D eigenvalue weighted by Gasteiger charge is 2.26. The molecule has 0 aromatic heterocycles. The molecule has 0 amide bonds. The van der Waals surface area contributed by atoms with Crippen LogP contribution in [0, 0.1) is 5.92 Å². The molecular weight excluding hydrogens is 234 g/mol. The normalized spacial score (nSPS) is 23.9. The Morgan fingerprint density at radius 2 is 2.13 bits per heavy atom. The quantitative estimate of drug-likeness (QED) is 0.704. The molecule has 1 heterocycles. The summed E-state index contributed by atoms with van der Waals surface area (Å²) >= 11 is 0. The van der Waals surface area contributed by atoms with Crippen LogP contribution < -0.4 is 0 Å². The summed E-state index contributed by atoms with van der Waals surface area (Å²) < 4.78 is 21.5. The van der Waals surface area contributed by atoms with E-state index in [9.17, 15) is 8.42 Å². The minimum absolute atomic E-state index is 0.0931. The first-order valence-electron chi connectivity index (χ1n) is 5.56. The molecule has 0 spiro atoms. The SMILES string of the molecule is CC(C)C1CCCN1CCCS(=O)(=O)Cl. The lowest BCUT2D eigenvalue weighted by Gasteiger charge is -2.27. The van der Waals surface area contributed by atoms with Gasteiger partial charge in [-0.25, -0.2) is 8.42 Å². The molecule has 1 unspecified atom stereocenters. The molecule has 0 radical (unpaired) electrons. The number of halogens is 1. The van der Waals surface area contributed by atoms with Crippen LogP contribution in [0.15, 0.2) is 0 Å². The maximum absolute atomic E-state index is 10.8. The van der Waals surface area contributed by atoms with Gasteiger partial charge in [0.15, 0.2) is 0 Å². The third kappa shape index (κ3) is 4.70. The predicted octanol–water partition coefficient (Wildman–Crippen LogP) is 2.07. The van der Waals surface area contributed by atoms with E-state index in [4.69, 9.17) is 10.7 Å². The molecule has 1 rings (SSSR count). The van der Waals surface area contributed by atoms with E-state index in [0.29, 0.717) is 18.4 Å². The zero-order valence-electron chi connectivity index (χ0n) is 9.45. The maximum Gasteiger partial charge on any atom is 0.232 e. The van der Waals surface area contributed by atoms with Gasteiger partial charge in [-0.3, -0.25) is 0 Å². The second kappa shape index (κ2) is 5.51. The summed E-state index contributed by atoms with van der Waals surface area (Å²) in [4.78, 5) is 2.40. The zero-order chi connectivity index (χ0) is 11.5. The van der Waals surface area contributed by atoms with E-state index in [0.717, 1.165) is 13.1 Å². The van der Waals surface area contributed by atoms with E-state index in [1.807, 2.05) is 0 Å². The fourth-order valence-corrected chi connectivity index (χ4v) is 3.13. The molecule has 90 valence electrons. The van der Waals surface area contributed by atoms with Crippen molar-refractivity contribution in [2.75, 3.05) is 18.8 Å². The van der Waals surface area contributed by atoms with Crippen molar-refractivity contribution in [2.45, 2.75) is 39.2 Å².